The van der Waals surface area contributed by atoms with E-state index in [1.165, 1.54) is 23.4 Å². The van der Waals surface area contributed by atoms with Crippen molar-refractivity contribution in [3.8, 4) is 0 Å². The Morgan fingerprint density at radius 1 is 1.30 bits per heavy atom. The quantitative estimate of drug-likeness (QED) is 0.852. The van der Waals surface area contributed by atoms with Crippen molar-refractivity contribution < 1.29 is 9.18 Å². The average molecular weight is 270 g/mol. The summed E-state index contributed by atoms with van der Waals surface area (Å²) in [5.41, 5.74) is 2.76. The van der Waals surface area contributed by atoms with E-state index in [-0.39, 0.29) is 11.9 Å². The van der Waals surface area contributed by atoms with Gasteiger partial charge in [-0.15, -0.1) is 0 Å². The first-order chi connectivity index (χ1) is 9.74. The van der Waals surface area contributed by atoms with Crippen LogP contribution < -0.4 is 5.32 Å². The first-order valence-corrected chi connectivity index (χ1v) is 6.74. The van der Waals surface area contributed by atoms with E-state index in [0.717, 1.165) is 25.3 Å². The number of aromatic nitrogens is 1. The van der Waals surface area contributed by atoms with Gasteiger partial charge < -0.3 is 5.32 Å². The van der Waals surface area contributed by atoms with E-state index in [2.05, 4.69) is 16.4 Å². The molecule has 1 aromatic carbocycles. The molecular weight excluding hydrogens is 255 g/mol. The van der Waals surface area contributed by atoms with Crippen LogP contribution in [-0.4, -0.2) is 10.9 Å². The highest BCUT2D eigenvalue weighted by atomic mass is 19.1. The molecule has 0 bridgehead atoms. The van der Waals surface area contributed by atoms with Gasteiger partial charge >= 0.3 is 0 Å². The number of rotatable bonds is 2. The summed E-state index contributed by atoms with van der Waals surface area (Å²) >= 11 is 0. The fourth-order valence-corrected chi connectivity index (χ4v) is 2.69. The molecule has 0 saturated heterocycles. The van der Waals surface area contributed by atoms with Gasteiger partial charge in [-0.2, -0.15) is 4.39 Å². The highest BCUT2D eigenvalue weighted by Gasteiger charge is 2.21. The van der Waals surface area contributed by atoms with Crippen molar-refractivity contribution in [3.05, 3.63) is 65.2 Å². The third-order valence-electron chi connectivity index (χ3n) is 3.66. The topological polar surface area (TPSA) is 42.0 Å². The SMILES string of the molecule is O=C(NC1CCCc2ccccc21)c1ccnc(F)c1. The van der Waals surface area contributed by atoms with Crippen LogP contribution in [-0.2, 0) is 6.42 Å². The Hall–Kier alpha value is -2.23. The van der Waals surface area contributed by atoms with E-state index >= 15 is 0 Å². The van der Waals surface area contributed by atoms with Gasteiger partial charge in [0.25, 0.3) is 5.91 Å². The van der Waals surface area contributed by atoms with Crippen molar-refractivity contribution in [1.82, 2.24) is 10.3 Å². The lowest BCUT2D eigenvalue weighted by Crippen LogP contribution is -2.31. The van der Waals surface area contributed by atoms with Crippen LogP contribution in [0.4, 0.5) is 4.39 Å². The van der Waals surface area contributed by atoms with E-state index in [4.69, 9.17) is 0 Å². The summed E-state index contributed by atoms with van der Waals surface area (Å²) in [6.07, 6.45) is 4.31. The van der Waals surface area contributed by atoms with E-state index in [1.54, 1.807) is 0 Å². The molecule has 3 rings (SSSR count). The van der Waals surface area contributed by atoms with Crippen LogP contribution in [0.2, 0.25) is 0 Å². The van der Waals surface area contributed by atoms with Gasteiger partial charge in [-0.05, 0) is 36.5 Å². The number of carbonyl (C=O) groups excluding carboxylic acids is 1. The second-order valence-electron chi connectivity index (χ2n) is 4.98. The normalized spacial score (nSPS) is 17.4. The van der Waals surface area contributed by atoms with E-state index < -0.39 is 5.95 Å². The Morgan fingerprint density at radius 3 is 3.00 bits per heavy atom. The maximum absolute atomic E-state index is 13.1. The number of amides is 1. The van der Waals surface area contributed by atoms with E-state index in [9.17, 15) is 9.18 Å². The Kier molecular flexibility index (Phi) is 3.46. The predicted molar refractivity (Wildman–Crippen MR) is 73.8 cm³/mol. The smallest absolute Gasteiger partial charge is 0.251 e. The lowest BCUT2D eigenvalue weighted by Gasteiger charge is -2.26. The molecule has 0 fully saturated rings. The van der Waals surface area contributed by atoms with Gasteiger partial charge in [0.1, 0.15) is 0 Å². The number of carbonyl (C=O) groups is 1. The first kappa shape index (κ1) is 12.8. The van der Waals surface area contributed by atoms with E-state index in [1.807, 2.05) is 18.2 Å². The van der Waals surface area contributed by atoms with Crippen molar-refractivity contribution in [2.45, 2.75) is 25.3 Å². The molecule has 4 heteroatoms. The molecule has 1 atom stereocenters. The lowest BCUT2D eigenvalue weighted by atomic mass is 9.87. The van der Waals surface area contributed by atoms with Crippen LogP contribution in [0.3, 0.4) is 0 Å². The molecule has 1 amide bonds. The second kappa shape index (κ2) is 5.41. The Balaban J connectivity index is 1.81. The minimum Gasteiger partial charge on any atom is -0.345 e. The Bertz CT molecular complexity index is 642. The van der Waals surface area contributed by atoms with Crippen LogP contribution in [0.25, 0.3) is 0 Å². The third-order valence-corrected chi connectivity index (χ3v) is 3.66. The van der Waals surface area contributed by atoms with Crippen LogP contribution in [0.1, 0.15) is 40.4 Å². The maximum Gasteiger partial charge on any atom is 0.251 e. The zero-order valence-corrected chi connectivity index (χ0v) is 11.0. The van der Waals surface area contributed by atoms with Crippen molar-refractivity contribution in [2.75, 3.05) is 0 Å². The summed E-state index contributed by atoms with van der Waals surface area (Å²) in [7, 11) is 0. The highest BCUT2D eigenvalue weighted by Crippen LogP contribution is 2.29. The van der Waals surface area contributed by atoms with Gasteiger partial charge in [0, 0.05) is 17.8 Å². The number of benzene rings is 1. The largest absolute Gasteiger partial charge is 0.345 e. The minimum absolute atomic E-state index is 0.00340. The molecule has 0 spiro atoms. The van der Waals surface area contributed by atoms with Crippen molar-refractivity contribution >= 4 is 5.91 Å². The summed E-state index contributed by atoms with van der Waals surface area (Å²) in [4.78, 5) is 15.6. The van der Waals surface area contributed by atoms with Crippen LogP contribution >= 0.6 is 0 Å². The lowest BCUT2D eigenvalue weighted by molar-refractivity contribution is 0.0932. The molecule has 1 aromatic heterocycles. The molecule has 3 nitrogen and oxygen atoms in total. The number of hydrogen-bond donors (Lipinski definition) is 1. The number of halogens is 1. The standard InChI is InChI=1S/C16H15FN2O/c17-15-10-12(8-9-18-15)16(20)19-14-7-3-5-11-4-1-2-6-13(11)14/h1-2,4,6,8-10,14H,3,5,7H2,(H,19,20). The number of fused-ring (bicyclic) bond motifs is 1. The van der Waals surface area contributed by atoms with Crippen molar-refractivity contribution in [3.63, 3.8) is 0 Å². The predicted octanol–water partition coefficient (Wildman–Crippen LogP) is 3.03. The molecule has 0 radical (unpaired) electrons. The molecule has 0 saturated carbocycles. The summed E-state index contributed by atoms with van der Waals surface area (Å²) in [6.45, 7) is 0. The summed E-state index contributed by atoms with van der Waals surface area (Å²) in [5, 5.41) is 2.99. The molecule has 1 unspecified atom stereocenters. The van der Waals surface area contributed by atoms with Crippen molar-refractivity contribution in [1.29, 1.82) is 0 Å². The minimum atomic E-state index is -0.637. The van der Waals surface area contributed by atoms with Gasteiger partial charge in [0.2, 0.25) is 5.95 Å². The number of nitrogens with zero attached hydrogens (tertiary/aromatic N) is 1. The fraction of sp³-hybridized carbons (Fsp3) is 0.250. The summed E-state index contributed by atoms with van der Waals surface area (Å²) in [5.74, 6) is -0.894. The van der Waals surface area contributed by atoms with Gasteiger partial charge in [-0.25, -0.2) is 4.98 Å². The Morgan fingerprint density at radius 2 is 2.15 bits per heavy atom. The summed E-state index contributed by atoms with van der Waals surface area (Å²) < 4.78 is 13.1. The van der Waals surface area contributed by atoms with Gasteiger partial charge in [0.15, 0.2) is 0 Å². The van der Waals surface area contributed by atoms with Gasteiger partial charge in [-0.1, -0.05) is 24.3 Å². The molecule has 1 aliphatic carbocycles. The van der Waals surface area contributed by atoms with Gasteiger partial charge in [-0.3, -0.25) is 4.79 Å². The zero-order valence-electron chi connectivity index (χ0n) is 11.0. The molecule has 0 aliphatic heterocycles. The van der Waals surface area contributed by atoms with Crippen LogP contribution in [0.15, 0.2) is 42.6 Å². The van der Waals surface area contributed by atoms with Crippen LogP contribution in [0.5, 0.6) is 0 Å². The zero-order chi connectivity index (χ0) is 13.9. The molecule has 102 valence electrons. The molecule has 20 heavy (non-hydrogen) atoms. The number of aryl methyl sites for hydroxylation is 1. The average Bonchev–Trinajstić information content (AvgIpc) is 2.47. The summed E-state index contributed by atoms with van der Waals surface area (Å²) in [6, 6.07) is 10.8. The molecule has 1 heterocycles. The molecular formula is C16H15FN2O. The van der Waals surface area contributed by atoms with Crippen molar-refractivity contribution in [2.24, 2.45) is 0 Å². The van der Waals surface area contributed by atoms with Gasteiger partial charge in [0.05, 0.1) is 6.04 Å². The second-order valence-corrected chi connectivity index (χ2v) is 4.98. The number of pyridine rings is 1. The first-order valence-electron chi connectivity index (χ1n) is 6.74. The highest BCUT2D eigenvalue weighted by molar-refractivity contribution is 5.94. The Labute approximate surface area is 116 Å². The molecule has 2 aromatic rings. The van der Waals surface area contributed by atoms with Crippen LogP contribution in [0, 0.1) is 5.95 Å². The monoisotopic (exact) mass is 270 g/mol. The molecule has 1 N–H and O–H groups in total. The number of hydrogen-bond acceptors (Lipinski definition) is 2. The fourth-order valence-electron chi connectivity index (χ4n) is 2.69. The number of nitrogens with one attached hydrogen (secondary N) is 1. The maximum atomic E-state index is 13.1. The molecule has 1 aliphatic rings. The van der Waals surface area contributed by atoms with E-state index in [0.29, 0.717) is 5.56 Å². The third kappa shape index (κ3) is 2.54.